The van der Waals surface area contributed by atoms with Gasteiger partial charge in [-0.25, -0.2) is 4.39 Å². The van der Waals surface area contributed by atoms with Gasteiger partial charge in [0.15, 0.2) is 0 Å². The van der Waals surface area contributed by atoms with Crippen molar-refractivity contribution in [2.45, 2.75) is 33.1 Å². The third-order valence-electron chi connectivity index (χ3n) is 7.26. The zero-order chi connectivity index (χ0) is 19.4. The van der Waals surface area contributed by atoms with E-state index in [1.807, 2.05) is 4.90 Å². The van der Waals surface area contributed by atoms with Crippen molar-refractivity contribution in [3.8, 4) is 0 Å². The van der Waals surface area contributed by atoms with Crippen LogP contribution in [0.25, 0.3) is 0 Å². The molecule has 2 amide bonds. The van der Waals surface area contributed by atoms with Gasteiger partial charge in [0, 0.05) is 26.2 Å². The van der Waals surface area contributed by atoms with Crippen molar-refractivity contribution in [3.05, 3.63) is 47.8 Å². The molecule has 4 nitrogen and oxygen atoms in total. The molecule has 0 aromatic heterocycles. The van der Waals surface area contributed by atoms with E-state index >= 15 is 0 Å². The minimum absolute atomic E-state index is 0.0243. The molecule has 0 radical (unpaired) electrons. The summed E-state index contributed by atoms with van der Waals surface area (Å²) in [6.07, 6.45) is 2.89. The van der Waals surface area contributed by atoms with Crippen molar-refractivity contribution in [1.29, 1.82) is 0 Å². The fourth-order valence-corrected chi connectivity index (χ4v) is 5.34. The van der Waals surface area contributed by atoms with E-state index in [1.165, 1.54) is 12.1 Å². The standard InChI is InChI=1S/C22H27FN2O2/c1-15-21(2,3)16-8-9-22(15,14-16)20(27)25-12-10-24(11-13-25)19(26)17-6-4-5-7-18(17)23/h4-7,16H,1,8-14H2,2-3H3/t16-,22-/m0/s1. The van der Waals surface area contributed by atoms with Gasteiger partial charge in [0.05, 0.1) is 11.0 Å². The van der Waals surface area contributed by atoms with Gasteiger partial charge in [0.2, 0.25) is 5.91 Å². The van der Waals surface area contributed by atoms with Crippen LogP contribution in [0, 0.1) is 22.6 Å². The predicted molar refractivity (Wildman–Crippen MR) is 102 cm³/mol. The SMILES string of the molecule is C=C1C(C)(C)[C@H]2CC[C@]1(C(=O)N1CCN(C(=O)c3ccccc3F)CC1)C2. The number of rotatable bonds is 2. The van der Waals surface area contributed by atoms with E-state index in [1.54, 1.807) is 17.0 Å². The van der Waals surface area contributed by atoms with Crippen LogP contribution in [0.4, 0.5) is 4.39 Å². The van der Waals surface area contributed by atoms with E-state index in [4.69, 9.17) is 0 Å². The van der Waals surface area contributed by atoms with E-state index in [2.05, 4.69) is 20.4 Å². The number of piperazine rings is 1. The topological polar surface area (TPSA) is 40.6 Å². The Morgan fingerprint density at radius 1 is 1.11 bits per heavy atom. The predicted octanol–water partition coefficient (Wildman–Crippen LogP) is 3.49. The van der Waals surface area contributed by atoms with Crippen LogP contribution < -0.4 is 0 Å². The molecule has 1 aliphatic heterocycles. The molecule has 3 fully saturated rings. The molecule has 5 heteroatoms. The summed E-state index contributed by atoms with van der Waals surface area (Å²) in [7, 11) is 0. The van der Waals surface area contributed by atoms with Crippen molar-refractivity contribution in [2.24, 2.45) is 16.7 Å². The van der Waals surface area contributed by atoms with Crippen LogP contribution in [-0.2, 0) is 4.79 Å². The normalized spacial score (nSPS) is 29.3. The first-order chi connectivity index (χ1) is 12.8. The van der Waals surface area contributed by atoms with E-state index in [9.17, 15) is 14.0 Å². The second-order valence-corrected chi connectivity index (χ2v) is 8.79. The Morgan fingerprint density at radius 2 is 1.74 bits per heavy atom. The van der Waals surface area contributed by atoms with Gasteiger partial charge in [-0.3, -0.25) is 9.59 Å². The van der Waals surface area contributed by atoms with Gasteiger partial charge in [0.1, 0.15) is 5.82 Å². The maximum Gasteiger partial charge on any atom is 0.256 e. The first-order valence-electron chi connectivity index (χ1n) is 9.80. The minimum Gasteiger partial charge on any atom is -0.338 e. The molecule has 2 atom stereocenters. The van der Waals surface area contributed by atoms with E-state index in [0.29, 0.717) is 32.1 Å². The van der Waals surface area contributed by atoms with Crippen molar-refractivity contribution in [3.63, 3.8) is 0 Å². The van der Waals surface area contributed by atoms with Crippen LogP contribution in [-0.4, -0.2) is 47.8 Å². The summed E-state index contributed by atoms with van der Waals surface area (Å²) < 4.78 is 13.9. The van der Waals surface area contributed by atoms with E-state index < -0.39 is 11.2 Å². The maximum atomic E-state index is 13.9. The van der Waals surface area contributed by atoms with Gasteiger partial charge in [0.25, 0.3) is 5.91 Å². The Balaban J connectivity index is 1.44. The second-order valence-electron chi connectivity index (χ2n) is 8.79. The lowest BCUT2D eigenvalue weighted by molar-refractivity contribution is -0.141. The molecule has 0 unspecified atom stereocenters. The van der Waals surface area contributed by atoms with Gasteiger partial charge in [-0.05, 0) is 42.7 Å². The Bertz CT molecular complexity index is 810. The Labute approximate surface area is 160 Å². The Morgan fingerprint density at radius 3 is 2.33 bits per heavy atom. The molecule has 1 aromatic carbocycles. The lowest BCUT2D eigenvalue weighted by Gasteiger charge is -2.42. The number of amides is 2. The smallest absolute Gasteiger partial charge is 0.256 e. The van der Waals surface area contributed by atoms with E-state index in [0.717, 1.165) is 24.8 Å². The van der Waals surface area contributed by atoms with Crippen LogP contribution in [0.15, 0.2) is 36.4 Å². The third-order valence-corrected chi connectivity index (χ3v) is 7.26. The highest BCUT2D eigenvalue weighted by Gasteiger charge is 2.61. The molecule has 27 heavy (non-hydrogen) atoms. The van der Waals surface area contributed by atoms with Crippen molar-refractivity contribution in [1.82, 2.24) is 9.80 Å². The maximum absolute atomic E-state index is 13.9. The van der Waals surface area contributed by atoms with Gasteiger partial charge >= 0.3 is 0 Å². The molecule has 2 aliphatic carbocycles. The largest absolute Gasteiger partial charge is 0.338 e. The van der Waals surface area contributed by atoms with Crippen molar-refractivity contribution in [2.75, 3.05) is 26.2 Å². The van der Waals surface area contributed by atoms with Crippen molar-refractivity contribution >= 4 is 11.8 Å². The molecule has 1 heterocycles. The fourth-order valence-electron chi connectivity index (χ4n) is 5.34. The Kier molecular flexibility index (Phi) is 4.17. The lowest BCUT2D eigenvalue weighted by Crippen LogP contribution is -2.54. The van der Waals surface area contributed by atoms with Gasteiger partial charge in [-0.15, -0.1) is 0 Å². The first kappa shape index (κ1) is 18.2. The van der Waals surface area contributed by atoms with Gasteiger partial charge in [-0.2, -0.15) is 0 Å². The highest BCUT2D eigenvalue weighted by molar-refractivity contribution is 5.95. The molecule has 4 rings (SSSR count). The van der Waals surface area contributed by atoms with Gasteiger partial charge in [-0.1, -0.05) is 38.1 Å². The highest BCUT2D eigenvalue weighted by atomic mass is 19.1. The fraction of sp³-hybridized carbons (Fsp3) is 0.545. The molecule has 1 saturated heterocycles. The number of nitrogens with zero attached hydrogens (tertiary/aromatic N) is 2. The average molecular weight is 370 g/mol. The highest BCUT2D eigenvalue weighted by Crippen LogP contribution is 2.65. The van der Waals surface area contributed by atoms with Crippen LogP contribution in [0.2, 0.25) is 0 Å². The van der Waals surface area contributed by atoms with Gasteiger partial charge < -0.3 is 9.80 Å². The number of carbonyl (C=O) groups excluding carboxylic acids is 2. The number of benzene rings is 1. The summed E-state index contributed by atoms with van der Waals surface area (Å²) >= 11 is 0. The molecule has 2 saturated carbocycles. The number of carbonyl (C=O) groups is 2. The molecule has 2 bridgehead atoms. The second kappa shape index (κ2) is 6.18. The summed E-state index contributed by atoms with van der Waals surface area (Å²) in [4.78, 5) is 29.5. The lowest BCUT2D eigenvalue weighted by atomic mass is 9.68. The van der Waals surface area contributed by atoms with Crippen LogP contribution in [0.5, 0.6) is 0 Å². The summed E-state index contributed by atoms with van der Waals surface area (Å²) in [5.74, 6) is -0.0801. The molecule has 3 aliphatic rings. The van der Waals surface area contributed by atoms with E-state index in [-0.39, 0.29) is 22.8 Å². The monoisotopic (exact) mass is 370 g/mol. The average Bonchev–Trinajstić information content (AvgIpc) is 3.20. The molecule has 1 aromatic rings. The third kappa shape index (κ3) is 2.62. The molecule has 0 N–H and O–H groups in total. The number of fused-ring (bicyclic) bond motifs is 2. The van der Waals surface area contributed by atoms with Crippen molar-refractivity contribution < 1.29 is 14.0 Å². The first-order valence-corrected chi connectivity index (χ1v) is 9.80. The summed E-state index contributed by atoms with van der Waals surface area (Å²) in [6.45, 7) is 10.6. The zero-order valence-corrected chi connectivity index (χ0v) is 16.1. The van der Waals surface area contributed by atoms with Crippen LogP contribution >= 0.6 is 0 Å². The molecule has 0 spiro atoms. The van der Waals surface area contributed by atoms with Crippen LogP contribution in [0.1, 0.15) is 43.5 Å². The molecule has 144 valence electrons. The zero-order valence-electron chi connectivity index (χ0n) is 16.1. The molecular weight excluding hydrogens is 343 g/mol. The minimum atomic E-state index is -0.499. The summed E-state index contributed by atoms with van der Waals surface area (Å²) in [5.41, 5.74) is 0.795. The summed E-state index contributed by atoms with van der Waals surface area (Å²) in [6, 6.07) is 6.06. The van der Waals surface area contributed by atoms with Crippen LogP contribution in [0.3, 0.4) is 0 Å². The Hall–Kier alpha value is -2.17. The number of hydrogen-bond acceptors (Lipinski definition) is 2. The summed E-state index contributed by atoms with van der Waals surface area (Å²) in [5, 5.41) is 0. The molecular formula is C22H27FN2O2. The quantitative estimate of drug-likeness (QED) is 0.748. The number of halogens is 1. The number of hydrogen-bond donors (Lipinski definition) is 0.